The quantitative estimate of drug-likeness (QED) is 0.417. The van der Waals surface area contributed by atoms with Gasteiger partial charge in [0.25, 0.3) is 0 Å². The molecule has 33 heavy (non-hydrogen) atoms. The third-order valence-corrected chi connectivity index (χ3v) is 7.09. The van der Waals surface area contributed by atoms with Crippen LogP contribution in [-0.4, -0.2) is 77.6 Å². The van der Waals surface area contributed by atoms with E-state index in [4.69, 9.17) is 0 Å². The summed E-state index contributed by atoms with van der Waals surface area (Å²) in [5.74, 6) is 0.519. The van der Waals surface area contributed by atoms with Crippen LogP contribution in [0.5, 0.6) is 0 Å². The number of carbonyl (C=O) groups is 1. The summed E-state index contributed by atoms with van der Waals surface area (Å²) >= 11 is 0. The molecule has 0 bridgehead atoms. The largest absolute Gasteiger partial charge is 0.384 e. The van der Waals surface area contributed by atoms with Gasteiger partial charge in [0.05, 0.1) is 12.7 Å². The molecule has 1 amide bonds. The number of anilines is 1. The van der Waals surface area contributed by atoms with Gasteiger partial charge in [-0.3, -0.25) is 14.9 Å². The van der Waals surface area contributed by atoms with Crippen molar-refractivity contribution in [3.8, 4) is 11.1 Å². The highest BCUT2D eigenvalue weighted by Gasteiger charge is 2.29. The van der Waals surface area contributed by atoms with Gasteiger partial charge in [-0.25, -0.2) is 0 Å². The van der Waals surface area contributed by atoms with Gasteiger partial charge in [0, 0.05) is 67.9 Å². The van der Waals surface area contributed by atoms with Crippen LogP contribution >= 0.6 is 0 Å². The summed E-state index contributed by atoms with van der Waals surface area (Å²) in [5.41, 5.74) is 6.73. The molecule has 1 aromatic carbocycles. The molecule has 174 valence electrons. The van der Waals surface area contributed by atoms with Gasteiger partial charge in [-0.1, -0.05) is 6.07 Å². The molecule has 1 saturated heterocycles. The lowest BCUT2D eigenvalue weighted by Gasteiger charge is -2.37. The van der Waals surface area contributed by atoms with E-state index in [2.05, 4.69) is 45.5 Å². The van der Waals surface area contributed by atoms with Crippen molar-refractivity contribution in [2.75, 3.05) is 44.7 Å². The Hall–Kier alpha value is -3.13. The van der Waals surface area contributed by atoms with Crippen LogP contribution in [0.25, 0.3) is 11.1 Å². The Morgan fingerprint density at radius 3 is 2.79 bits per heavy atom. The first kappa shape index (κ1) is 21.7. The number of nitrogens with zero attached hydrogens (tertiary/aromatic N) is 5. The zero-order chi connectivity index (χ0) is 22.9. The molecule has 3 aliphatic rings. The van der Waals surface area contributed by atoms with Crippen molar-refractivity contribution >= 4 is 17.9 Å². The maximum absolute atomic E-state index is 11.6. The molecule has 0 aliphatic carbocycles. The summed E-state index contributed by atoms with van der Waals surface area (Å²) in [6.45, 7) is 4.13. The van der Waals surface area contributed by atoms with Crippen molar-refractivity contribution < 1.29 is 4.79 Å². The van der Waals surface area contributed by atoms with Gasteiger partial charge in [-0.05, 0) is 56.1 Å². The normalized spacial score (nSPS) is 21.3. The van der Waals surface area contributed by atoms with Gasteiger partial charge >= 0.3 is 0 Å². The Bertz CT molecular complexity index is 1090. The topological polar surface area (TPSA) is 80.5 Å². The van der Waals surface area contributed by atoms with E-state index in [9.17, 15) is 10.2 Å². The van der Waals surface area contributed by atoms with Crippen LogP contribution in [0.1, 0.15) is 24.8 Å². The van der Waals surface area contributed by atoms with Crippen molar-refractivity contribution in [3.05, 3.63) is 47.4 Å². The second-order valence-corrected chi connectivity index (χ2v) is 9.53. The Morgan fingerprint density at radius 1 is 1.18 bits per heavy atom. The van der Waals surface area contributed by atoms with Crippen molar-refractivity contribution in [2.45, 2.75) is 31.7 Å². The second kappa shape index (κ2) is 9.02. The molecule has 1 fully saturated rings. The molecule has 2 N–H and O–H groups in total. The van der Waals surface area contributed by atoms with E-state index < -0.39 is 0 Å². The Kier molecular flexibility index (Phi) is 5.93. The minimum absolute atomic E-state index is 0.409. The molecule has 1 unspecified atom stereocenters. The highest BCUT2D eigenvalue weighted by Crippen LogP contribution is 2.33. The summed E-state index contributed by atoms with van der Waals surface area (Å²) < 4.78 is 1.82. The molecule has 0 spiro atoms. The number of aromatic nitrogens is 2. The number of fused-ring (bicyclic) bond motifs is 1. The molecular weight excluding hydrogens is 414 g/mol. The molecule has 1 atom stereocenters. The summed E-state index contributed by atoms with van der Waals surface area (Å²) in [4.78, 5) is 17.8. The smallest absolute Gasteiger partial charge is 0.210 e. The fourth-order valence-electron chi connectivity index (χ4n) is 5.29. The highest BCUT2D eigenvalue weighted by molar-refractivity contribution is 6.09. The third-order valence-electron chi connectivity index (χ3n) is 7.09. The summed E-state index contributed by atoms with van der Waals surface area (Å²) in [5, 5.41) is 17.2. The van der Waals surface area contributed by atoms with Gasteiger partial charge in [-0.2, -0.15) is 5.10 Å². The summed E-state index contributed by atoms with van der Waals surface area (Å²) in [7, 11) is 4.08. The van der Waals surface area contributed by atoms with E-state index in [1.807, 2.05) is 24.1 Å². The number of likely N-dealkylation sites (N-methyl/N-ethyl adjacent to an activating group) is 1. The molecule has 8 nitrogen and oxygen atoms in total. The average Bonchev–Trinajstić information content (AvgIpc) is 3.45. The summed E-state index contributed by atoms with van der Waals surface area (Å²) in [6.07, 6.45) is 8.74. The molecule has 8 heteroatoms. The Labute approximate surface area is 195 Å². The van der Waals surface area contributed by atoms with Gasteiger partial charge in [-0.15, -0.1) is 0 Å². The zero-order valence-electron chi connectivity index (χ0n) is 19.5. The second-order valence-electron chi connectivity index (χ2n) is 9.53. The van der Waals surface area contributed by atoms with Gasteiger partial charge in [0.2, 0.25) is 6.41 Å². The molecular formula is C25H33N7O. The lowest BCUT2D eigenvalue weighted by Crippen LogP contribution is -2.44. The first-order valence-corrected chi connectivity index (χ1v) is 11.9. The number of carbonyl (C=O) groups excluding carboxylic acids is 1. The molecule has 3 aliphatic heterocycles. The average molecular weight is 448 g/mol. The number of nitrogens with one attached hydrogen (secondary N) is 2. The predicted octanol–water partition coefficient (Wildman–Crippen LogP) is 2.23. The first-order valence-electron chi connectivity index (χ1n) is 11.9. The lowest BCUT2D eigenvalue weighted by molar-refractivity contribution is -0.117. The monoisotopic (exact) mass is 447 g/mol. The number of hydrogen-bond acceptors (Lipinski definition) is 5. The molecule has 4 heterocycles. The van der Waals surface area contributed by atoms with E-state index in [1.165, 1.54) is 5.56 Å². The fourth-order valence-corrected chi connectivity index (χ4v) is 5.29. The van der Waals surface area contributed by atoms with Crippen LogP contribution in [0, 0.1) is 5.41 Å². The van der Waals surface area contributed by atoms with E-state index in [0.29, 0.717) is 25.0 Å². The minimum Gasteiger partial charge on any atom is -0.384 e. The van der Waals surface area contributed by atoms with E-state index in [1.54, 1.807) is 4.90 Å². The van der Waals surface area contributed by atoms with Crippen LogP contribution < -0.4 is 10.2 Å². The standard InChI is InChI=1S/C25H33N7O/c1-29-10-7-21(15-29)28-23-8-11-31(17-33)16-22(23)25(26)32-9-3-4-19-12-18(5-6-24(19)32)20-13-27-30(2)14-20/h5-6,12-14,17,21,26,28H,3-4,7-11,15-16H2,1-2H3. The van der Waals surface area contributed by atoms with Crippen molar-refractivity contribution in [1.29, 1.82) is 5.41 Å². The van der Waals surface area contributed by atoms with Crippen molar-refractivity contribution in [2.24, 2.45) is 7.05 Å². The van der Waals surface area contributed by atoms with Crippen LogP contribution in [0.2, 0.25) is 0 Å². The number of aryl methyl sites for hydroxylation is 2. The van der Waals surface area contributed by atoms with E-state index in [0.717, 1.165) is 79.8 Å². The molecule has 0 saturated carbocycles. The maximum atomic E-state index is 11.6. The molecule has 1 aromatic heterocycles. The van der Waals surface area contributed by atoms with Crippen LogP contribution in [0.15, 0.2) is 41.9 Å². The van der Waals surface area contributed by atoms with E-state index in [-0.39, 0.29) is 0 Å². The van der Waals surface area contributed by atoms with Crippen LogP contribution in [-0.2, 0) is 18.3 Å². The number of likely N-dealkylation sites (tertiary alicyclic amines) is 1. The third kappa shape index (κ3) is 4.39. The Balaban J connectivity index is 1.44. The van der Waals surface area contributed by atoms with Crippen LogP contribution in [0.4, 0.5) is 5.69 Å². The molecule has 5 rings (SSSR count). The van der Waals surface area contributed by atoms with Gasteiger partial charge < -0.3 is 20.0 Å². The first-order chi connectivity index (χ1) is 16.0. The maximum Gasteiger partial charge on any atom is 0.210 e. The number of hydrogen-bond donors (Lipinski definition) is 2. The number of benzene rings is 1. The molecule has 2 aromatic rings. The van der Waals surface area contributed by atoms with Crippen molar-refractivity contribution in [1.82, 2.24) is 24.9 Å². The number of amidine groups is 1. The van der Waals surface area contributed by atoms with Crippen LogP contribution in [0.3, 0.4) is 0 Å². The zero-order valence-corrected chi connectivity index (χ0v) is 19.5. The predicted molar refractivity (Wildman–Crippen MR) is 130 cm³/mol. The highest BCUT2D eigenvalue weighted by atomic mass is 16.1. The number of rotatable bonds is 5. The Morgan fingerprint density at radius 2 is 2.06 bits per heavy atom. The fraction of sp³-hybridized carbons (Fsp3) is 0.480. The number of amides is 1. The molecule has 0 radical (unpaired) electrons. The summed E-state index contributed by atoms with van der Waals surface area (Å²) in [6, 6.07) is 6.92. The van der Waals surface area contributed by atoms with E-state index >= 15 is 0 Å². The van der Waals surface area contributed by atoms with Gasteiger partial charge in [0.1, 0.15) is 5.84 Å². The minimum atomic E-state index is 0.409. The SMILES string of the molecule is CN1CCC(NC2=C(C(=N)N3CCCc4cc(-c5cnn(C)c5)ccc43)CN(C=O)CC2)C1. The van der Waals surface area contributed by atoms with Crippen molar-refractivity contribution in [3.63, 3.8) is 0 Å². The lowest BCUT2D eigenvalue weighted by atomic mass is 9.95. The van der Waals surface area contributed by atoms with Gasteiger partial charge in [0.15, 0.2) is 0 Å².